The van der Waals surface area contributed by atoms with Crippen molar-refractivity contribution in [2.24, 2.45) is 7.05 Å². The van der Waals surface area contributed by atoms with Crippen molar-refractivity contribution < 1.29 is 23.7 Å². The number of rotatable bonds is 5. The van der Waals surface area contributed by atoms with E-state index in [0.29, 0.717) is 60.3 Å². The molecule has 0 unspecified atom stereocenters. The molecule has 0 aliphatic carbocycles. The Bertz CT molecular complexity index is 1170. The Kier molecular flexibility index (Phi) is 6.25. The summed E-state index contributed by atoms with van der Waals surface area (Å²) < 4.78 is 24.6. The fraction of sp³-hybridized carbons (Fsp3) is 0.348. The van der Waals surface area contributed by atoms with Gasteiger partial charge in [0.25, 0.3) is 0 Å². The highest BCUT2D eigenvalue weighted by Gasteiger charge is 2.17. The minimum atomic E-state index is -0.144. The minimum Gasteiger partial charge on any atom is -0.490 e. The molecule has 33 heavy (non-hydrogen) atoms. The monoisotopic (exact) mass is 468 g/mol. The maximum absolute atomic E-state index is 12.5. The summed E-state index contributed by atoms with van der Waals surface area (Å²) in [4.78, 5) is 12.5. The van der Waals surface area contributed by atoms with Crippen molar-refractivity contribution in [2.45, 2.75) is 18.0 Å². The number of ether oxygens (including phenoxy) is 4. The number of aromatic nitrogens is 3. The first kappa shape index (κ1) is 21.4. The summed E-state index contributed by atoms with van der Waals surface area (Å²) in [6.07, 6.45) is 1.68. The van der Waals surface area contributed by atoms with Crippen LogP contribution >= 0.6 is 11.8 Å². The second-order valence-corrected chi connectivity index (χ2v) is 8.57. The highest BCUT2D eigenvalue weighted by molar-refractivity contribution is 7.99. The number of anilines is 1. The van der Waals surface area contributed by atoms with Crippen LogP contribution in [0.3, 0.4) is 0 Å². The molecule has 1 amide bonds. The van der Waals surface area contributed by atoms with Crippen molar-refractivity contribution in [3.63, 3.8) is 0 Å². The number of carbonyl (C=O) groups is 1. The summed E-state index contributed by atoms with van der Waals surface area (Å²) in [5.41, 5.74) is 1.54. The van der Waals surface area contributed by atoms with Crippen LogP contribution in [0.1, 0.15) is 12.8 Å². The van der Waals surface area contributed by atoms with E-state index in [1.165, 1.54) is 11.8 Å². The van der Waals surface area contributed by atoms with Crippen LogP contribution in [-0.4, -0.2) is 52.9 Å². The Morgan fingerprint density at radius 3 is 2.27 bits per heavy atom. The van der Waals surface area contributed by atoms with Gasteiger partial charge in [0.15, 0.2) is 34.0 Å². The Balaban J connectivity index is 1.23. The number of carbonyl (C=O) groups excluding carboxylic acids is 1. The van der Waals surface area contributed by atoms with E-state index >= 15 is 0 Å². The first-order valence-corrected chi connectivity index (χ1v) is 11.8. The number of nitrogens with one attached hydrogen (secondary N) is 1. The molecule has 172 valence electrons. The predicted molar refractivity (Wildman–Crippen MR) is 123 cm³/mol. The van der Waals surface area contributed by atoms with Crippen molar-refractivity contribution in [1.82, 2.24) is 14.8 Å². The molecule has 2 aliphatic rings. The zero-order valence-electron chi connectivity index (χ0n) is 18.2. The molecule has 5 rings (SSSR count). The molecule has 3 aromatic rings. The summed E-state index contributed by atoms with van der Waals surface area (Å²) >= 11 is 1.32. The molecule has 0 saturated heterocycles. The maximum atomic E-state index is 12.5. The lowest BCUT2D eigenvalue weighted by molar-refractivity contribution is -0.113. The van der Waals surface area contributed by atoms with Crippen LogP contribution in [0.15, 0.2) is 41.6 Å². The first-order chi connectivity index (χ1) is 16.2. The molecule has 2 aromatic carbocycles. The van der Waals surface area contributed by atoms with Gasteiger partial charge in [-0.15, -0.1) is 10.2 Å². The third kappa shape index (κ3) is 4.85. The van der Waals surface area contributed by atoms with E-state index < -0.39 is 0 Å². The molecule has 0 spiro atoms. The fourth-order valence-electron chi connectivity index (χ4n) is 3.56. The van der Waals surface area contributed by atoms with Crippen LogP contribution < -0.4 is 24.3 Å². The van der Waals surface area contributed by atoms with Crippen LogP contribution in [0.5, 0.6) is 23.0 Å². The Morgan fingerprint density at radius 1 is 0.909 bits per heavy atom. The van der Waals surface area contributed by atoms with Gasteiger partial charge in [0.05, 0.1) is 32.2 Å². The van der Waals surface area contributed by atoms with Crippen molar-refractivity contribution in [3.05, 3.63) is 36.4 Å². The summed E-state index contributed by atoms with van der Waals surface area (Å²) in [5.74, 6) is 3.52. The SMILES string of the molecule is Cn1c(SCC(=O)Nc2ccc3c(c2)OCCCO3)nnc1-c1ccc2c(c1)OCCCO2. The summed E-state index contributed by atoms with van der Waals surface area (Å²) in [7, 11) is 1.88. The van der Waals surface area contributed by atoms with E-state index in [2.05, 4.69) is 15.5 Å². The van der Waals surface area contributed by atoms with E-state index in [1.54, 1.807) is 12.1 Å². The Hall–Kier alpha value is -3.40. The zero-order valence-corrected chi connectivity index (χ0v) is 19.0. The summed E-state index contributed by atoms with van der Waals surface area (Å²) in [6.45, 7) is 2.49. The molecule has 1 N–H and O–H groups in total. The van der Waals surface area contributed by atoms with E-state index in [-0.39, 0.29) is 11.7 Å². The van der Waals surface area contributed by atoms with E-state index in [4.69, 9.17) is 18.9 Å². The van der Waals surface area contributed by atoms with Crippen molar-refractivity contribution in [3.8, 4) is 34.4 Å². The third-order valence-corrected chi connectivity index (χ3v) is 6.22. The number of hydrogen-bond donors (Lipinski definition) is 1. The van der Waals surface area contributed by atoms with Gasteiger partial charge < -0.3 is 28.8 Å². The Morgan fingerprint density at radius 2 is 1.55 bits per heavy atom. The molecule has 2 aliphatic heterocycles. The number of amides is 1. The third-order valence-electron chi connectivity index (χ3n) is 5.20. The van der Waals surface area contributed by atoms with E-state index in [9.17, 15) is 4.79 Å². The normalized spacial score (nSPS) is 14.8. The highest BCUT2D eigenvalue weighted by Crippen LogP contribution is 2.35. The molecule has 0 bridgehead atoms. The quantitative estimate of drug-likeness (QED) is 0.568. The lowest BCUT2D eigenvalue weighted by Gasteiger charge is -2.10. The zero-order chi connectivity index (χ0) is 22.6. The first-order valence-electron chi connectivity index (χ1n) is 10.8. The van der Waals surface area contributed by atoms with Gasteiger partial charge in [-0.05, 0) is 30.3 Å². The molecule has 0 saturated carbocycles. The van der Waals surface area contributed by atoms with Crippen LogP contribution in [0.4, 0.5) is 5.69 Å². The lowest BCUT2D eigenvalue weighted by atomic mass is 10.2. The van der Waals surface area contributed by atoms with Crippen molar-refractivity contribution in [2.75, 3.05) is 37.5 Å². The maximum Gasteiger partial charge on any atom is 0.234 e. The average Bonchev–Trinajstić information content (AvgIpc) is 3.00. The number of benzene rings is 2. The number of nitrogens with zero attached hydrogens (tertiary/aromatic N) is 3. The average molecular weight is 469 g/mol. The van der Waals surface area contributed by atoms with E-state index in [1.807, 2.05) is 35.9 Å². The second-order valence-electron chi connectivity index (χ2n) is 7.63. The predicted octanol–water partition coefficient (Wildman–Crippen LogP) is 3.54. The van der Waals surface area contributed by atoms with Crippen LogP contribution in [0.25, 0.3) is 11.4 Å². The Labute approximate surface area is 195 Å². The minimum absolute atomic E-state index is 0.144. The second kappa shape index (κ2) is 9.62. The molecule has 1 aromatic heterocycles. The molecule has 0 atom stereocenters. The lowest BCUT2D eigenvalue weighted by Crippen LogP contribution is -2.14. The number of hydrogen-bond acceptors (Lipinski definition) is 8. The van der Waals surface area contributed by atoms with Gasteiger partial charge in [-0.3, -0.25) is 4.79 Å². The molecular weight excluding hydrogens is 444 g/mol. The highest BCUT2D eigenvalue weighted by atomic mass is 32.2. The number of thioether (sulfide) groups is 1. The molecule has 3 heterocycles. The molecule has 10 heteroatoms. The topological polar surface area (TPSA) is 96.7 Å². The van der Waals surface area contributed by atoms with Gasteiger partial charge in [0.2, 0.25) is 5.91 Å². The van der Waals surface area contributed by atoms with Crippen LogP contribution in [0.2, 0.25) is 0 Å². The van der Waals surface area contributed by atoms with Gasteiger partial charge in [-0.1, -0.05) is 11.8 Å². The summed E-state index contributed by atoms with van der Waals surface area (Å²) in [6, 6.07) is 11.1. The molecular formula is C23H24N4O5S. The largest absolute Gasteiger partial charge is 0.490 e. The standard InChI is InChI=1S/C23H24N4O5S/c1-27-22(15-4-6-17-19(12-15)31-10-2-8-29-17)25-26-23(27)33-14-21(28)24-16-5-7-18-20(13-16)32-11-3-9-30-18/h4-7,12-13H,2-3,8-11,14H2,1H3,(H,24,28). The molecule has 9 nitrogen and oxygen atoms in total. The van der Waals surface area contributed by atoms with Gasteiger partial charge in [-0.25, -0.2) is 0 Å². The fourth-order valence-corrected chi connectivity index (χ4v) is 4.27. The summed E-state index contributed by atoms with van der Waals surface area (Å²) in [5, 5.41) is 12.1. The van der Waals surface area contributed by atoms with Crippen LogP contribution in [0, 0.1) is 0 Å². The van der Waals surface area contributed by atoms with Crippen LogP contribution in [-0.2, 0) is 11.8 Å². The van der Waals surface area contributed by atoms with Crippen molar-refractivity contribution >= 4 is 23.4 Å². The van der Waals surface area contributed by atoms with Crippen molar-refractivity contribution in [1.29, 1.82) is 0 Å². The molecule has 0 radical (unpaired) electrons. The van der Waals surface area contributed by atoms with E-state index in [0.717, 1.165) is 24.2 Å². The van der Waals surface area contributed by atoms with Gasteiger partial charge in [0.1, 0.15) is 0 Å². The number of fused-ring (bicyclic) bond motifs is 2. The van der Waals surface area contributed by atoms with Gasteiger partial charge in [-0.2, -0.15) is 0 Å². The van der Waals surface area contributed by atoms with Gasteiger partial charge in [0, 0.05) is 37.2 Å². The smallest absolute Gasteiger partial charge is 0.234 e. The van der Waals surface area contributed by atoms with Gasteiger partial charge >= 0.3 is 0 Å². The molecule has 0 fully saturated rings.